The molecular weight excluding hydrogens is 440 g/mol. The summed E-state index contributed by atoms with van der Waals surface area (Å²) in [6.45, 7) is 0.434. The van der Waals surface area contributed by atoms with Gasteiger partial charge >= 0.3 is 5.97 Å². The van der Waals surface area contributed by atoms with Gasteiger partial charge in [-0.1, -0.05) is 24.3 Å². The third kappa shape index (κ3) is 4.50. The van der Waals surface area contributed by atoms with E-state index < -0.39 is 23.6 Å². The van der Waals surface area contributed by atoms with Gasteiger partial charge in [-0.2, -0.15) is 0 Å². The van der Waals surface area contributed by atoms with E-state index in [2.05, 4.69) is 5.32 Å². The Morgan fingerprint density at radius 1 is 1.15 bits per heavy atom. The molecule has 2 aromatic carbocycles. The maximum Gasteiger partial charge on any atom is 0.323 e. The summed E-state index contributed by atoms with van der Waals surface area (Å²) in [5, 5.41) is 3.83. The van der Waals surface area contributed by atoms with Gasteiger partial charge in [-0.3, -0.25) is 19.5 Å². The SMILES string of the molecule is COC(=O)[C@@H]1C[C@@H](NC(=O)c2cc(C3CC3)nc3ccccc23)CN1Cc1ccc(F)cc1F. The van der Waals surface area contributed by atoms with Crippen LogP contribution in [-0.2, 0) is 16.1 Å². The number of fused-ring (bicyclic) bond motifs is 1. The highest BCUT2D eigenvalue weighted by Crippen LogP contribution is 2.40. The van der Waals surface area contributed by atoms with Gasteiger partial charge in [-0.15, -0.1) is 0 Å². The first-order valence-electron chi connectivity index (χ1n) is 11.4. The predicted octanol–water partition coefficient (Wildman–Crippen LogP) is 3.94. The van der Waals surface area contributed by atoms with E-state index >= 15 is 0 Å². The molecule has 1 saturated carbocycles. The standard InChI is InChI=1S/C26H25F2N3O3/c1-34-26(33)24-11-18(14-31(24)13-16-8-9-17(27)10-21(16)28)29-25(32)20-12-23(15-6-7-15)30-22-5-3-2-4-19(20)22/h2-5,8-10,12,15,18,24H,6-7,11,13-14H2,1H3,(H,29,32)/t18-,24+/m1/s1. The van der Waals surface area contributed by atoms with Gasteiger partial charge in [0.05, 0.1) is 18.2 Å². The van der Waals surface area contributed by atoms with Crippen LogP contribution in [0.3, 0.4) is 0 Å². The number of esters is 1. The van der Waals surface area contributed by atoms with Crippen LogP contribution in [0.1, 0.15) is 46.8 Å². The molecule has 0 unspecified atom stereocenters. The number of halogens is 2. The van der Waals surface area contributed by atoms with Gasteiger partial charge in [-0.05, 0) is 37.5 Å². The lowest BCUT2D eigenvalue weighted by atomic mass is 10.0. The summed E-state index contributed by atoms with van der Waals surface area (Å²) < 4.78 is 32.5. The number of pyridine rings is 1. The van der Waals surface area contributed by atoms with Crippen LogP contribution in [0.5, 0.6) is 0 Å². The van der Waals surface area contributed by atoms with Crippen LogP contribution < -0.4 is 5.32 Å². The van der Waals surface area contributed by atoms with Crippen LogP contribution >= 0.6 is 0 Å². The van der Waals surface area contributed by atoms with E-state index in [1.165, 1.54) is 19.2 Å². The van der Waals surface area contributed by atoms with E-state index in [0.29, 0.717) is 24.4 Å². The Morgan fingerprint density at radius 3 is 2.68 bits per heavy atom. The summed E-state index contributed by atoms with van der Waals surface area (Å²) in [4.78, 5) is 32.2. The van der Waals surface area contributed by atoms with Crippen molar-refractivity contribution < 1.29 is 23.1 Å². The molecule has 1 amide bonds. The van der Waals surface area contributed by atoms with Crippen LogP contribution in [-0.4, -0.2) is 47.5 Å². The molecule has 176 valence electrons. The summed E-state index contributed by atoms with van der Waals surface area (Å²) in [6, 6.07) is 11.8. The molecule has 0 spiro atoms. The molecule has 1 saturated heterocycles. The number of benzene rings is 2. The number of para-hydroxylation sites is 1. The normalized spacial score (nSPS) is 20.4. The Balaban J connectivity index is 1.37. The first kappa shape index (κ1) is 22.4. The van der Waals surface area contributed by atoms with Crippen molar-refractivity contribution in [3.63, 3.8) is 0 Å². The number of likely N-dealkylation sites (tertiary alicyclic amines) is 1. The van der Waals surface area contributed by atoms with Crippen LogP contribution in [0, 0.1) is 11.6 Å². The van der Waals surface area contributed by atoms with Crippen molar-refractivity contribution in [1.82, 2.24) is 15.2 Å². The monoisotopic (exact) mass is 465 g/mol. The van der Waals surface area contributed by atoms with E-state index in [0.717, 1.165) is 35.5 Å². The molecule has 2 aliphatic rings. The molecule has 5 rings (SSSR count). The highest BCUT2D eigenvalue weighted by molar-refractivity contribution is 6.06. The molecule has 8 heteroatoms. The minimum absolute atomic E-state index is 0.0995. The third-order valence-electron chi connectivity index (χ3n) is 6.58. The average molecular weight is 466 g/mol. The molecule has 6 nitrogen and oxygen atoms in total. The number of ether oxygens (including phenoxy) is 1. The van der Waals surface area contributed by atoms with Crippen molar-refractivity contribution in [2.24, 2.45) is 0 Å². The van der Waals surface area contributed by atoms with Crippen LogP contribution in [0.2, 0.25) is 0 Å². The highest BCUT2D eigenvalue weighted by Gasteiger charge is 2.39. The molecule has 34 heavy (non-hydrogen) atoms. The lowest BCUT2D eigenvalue weighted by Gasteiger charge is -2.22. The summed E-state index contributed by atoms with van der Waals surface area (Å²) in [6.07, 6.45) is 2.48. The molecule has 2 atom stereocenters. The Kier molecular flexibility index (Phi) is 6.00. The number of carbonyl (C=O) groups excluding carboxylic acids is 2. The first-order chi connectivity index (χ1) is 16.4. The van der Waals surface area contributed by atoms with E-state index in [-0.39, 0.29) is 24.1 Å². The fourth-order valence-corrected chi connectivity index (χ4v) is 4.67. The number of methoxy groups -OCH3 is 1. The second-order valence-electron chi connectivity index (χ2n) is 9.00. The molecule has 1 aliphatic heterocycles. The number of nitrogens with zero attached hydrogens (tertiary/aromatic N) is 2. The van der Waals surface area contributed by atoms with E-state index in [9.17, 15) is 18.4 Å². The van der Waals surface area contributed by atoms with E-state index in [1.807, 2.05) is 30.3 Å². The smallest absolute Gasteiger partial charge is 0.323 e. The fourth-order valence-electron chi connectivity index (χ4n) is 4.67. The second-order valence-corrected chi connectivity index (χ2v) is 9.00. The van der Waals surface area contributed by atoms with Gasteiger partial charge < -0.3 is 10.1 Å². The lowest BCUT2D eigenvalue weighted by Crippen LogP contribution is -2.38. The van der Waals surface area contributed by atoms with Gasteiger partial charge in [0.25, 0.3) is 5.91 Å². The largest absolute Gasteiger partial charge is 0.468 e. The van der Waals surface area contributed by atoms with Gasteiger partial charge in [-0.25, -0.2) is 8.78 Å². The topological polar surface area (TPSA) is 71.5 Å². The zero-order valence-corrected chi connectivity index (χ0v) is 18.8. The summed E-state index contributed by atoms with van der Waals surface area (Å²) in [5.41, 5.74) is 2.54. The average Bonchev–Trinajstić information content (AvgIpc) is 3.61. The first-order valence-corrected chi connectivity index (χ1v) is 11.4. The van der Waals surface area contributed by atoms with Crippen LogP contribution in [0.4, 0.5) is 8.78 Å². The Hall–Kier alpha value is -3.39. The van der Waals surface area contributed by atoms with E-state index in [4.69, 9.17) is 9.72 Å². The number of amides is 1. The number of hydrogen-bond acceptors (Lipinski definition) is 5. The number of aromatic nitrogens is 1. The molecule has 3 aromatic rings. The molecular formula is C26H25F2N3O3. The highest BCUT2D eigenvalue weighted by atomic mass is 19.1. The molecule has 1 aliphatic carbocycles. The van der Waals surface area contributed by atoms with Crippen LogP contribution in [0.15, 0.2) is 48.5 Å². The maximum absolute atomic E-state index is 14.2. The molecule has 0 radical (unpaired) electrons. The Labute approximate surface area is 195 Å². The van der Waals surface area contributed by atoms with Gasteiger partial charge in [0.1, 0.15) is 17.7 Å². The lowest BCUT2D eigenvalue weighted by molar-refractivity contribution is -0.146. The Bertz CT molecular complexity index is 1260. The van der Waals surface area contributed by atoms with Gasteiger partial charge in [0.15, 0.2) is 0 Å². The Morgan fingerprint density at radius 2 is 1.94 bits per heavy atom. The molecule has 0 bridgehead atoms. The molecule has 2 fully saturated rings. The molecule has 1 N–H and O–H groups in total. The number of nitrogens with one attached hydrogen (secondary N) is 1. The predicted molar refractivity (Wildman–Crippen MR) is 122 cm³/mol. The molecule has 1 aromatic heterocycles. The molecule has 2 heterocycles. The zero-order valence-electron chi connectivity index (χ0n) is 18.8. The second kappa shape index (κ2) is 9.10. The number of hydrogen-bond donors (Lipinski definition) is 1. The van der Waals surface area contributed by atoms with Gasteiger partial charge in [0, 0.05) is 47.8 Å². The van der Waals surface area contributed by atoms with Crippen molar-refractivity contribution in [1.29, 1.82) is 0 Å². The summed E-state index contributed by atoms with van der Waals surface area (Å²) >= 11 is 0. The van der Waals surface area contributed by atoms with Crippen molar-refractivity contribution in [2.45, 2.75) is 43.8 Å². The minimum Gasteiger partial charge on any atom is -0.468 e. The number of rotatable bonds is 6. The van der Waals surface area contributed by atoms with Crippen LogP contribution in [0.25, 0.3) is 10.9 Å². The quantitative estimate of drug-likeness (QED) is 0.559. The maximum atomic E-state index is 14.2. The van der Waals surface area contributed by atoms with Crippen molar-refractivity contribution in [2.75, 3.05) is 13.7 Å². The van der Waals surface area contributed by atoms with Crippen molar-refractivity contribution >= 4 is 22.8 Å². The van der Waals surface area contributed by atoms with E-state index in [1.54, 1.807) is 4.90 Å². The van der Waals surface area contributed by atoms with Crippen molar-refractivity contribution in [3.8, 4) is 0 Å². The summed E-state index contributed by atoms with van der Waals surface area (Å²) in [7, 11) is 1.30. The zero-order chi connectivity index (χ0) is 23.8. The van der Waals surface area contributed by atoms with Crippen molar-refractivity contribution in [3.05, 3.63) is 77.0 Å². The third-order valence-corrected chi connectivity index (χ3v) is 6.58. The minimum atomic E-state index is -0.674. The number of carbonyl (C=O) groups is 2. The summed E-state index contributed by atoms with van der Waals surface area (Å²) in [5.74, 6) is -1.62. The fraction of sp³-hybridized carbons (Fsp3) is 0.346. The van der Waals surface area contributed by atoms with Gasteiger partial charge in [0.2, 0.25) is 0 Å².